The van der Waals surface area contributed by atoms with Gasteiger partial charge in [-0.25, -0.2) is 4.98 Å². The zero-order valence-electron chi connectivity index (χ0n) is 13.6. The lowest BCUT2D eigenvalue weighted by atomic mass is 10.1. The van der Waals surface area contributed by atoms with Gasteiger partial charge in [-0.15, -0.1) is 11.3 Å². The molecule has 1 saturated heterocycles. The van der Waals surface area contributed by atoms with E-state index in [-0.39, 0.29) is 18.1 Å². The Kier molecular flexibility index (Phi) is 6.11. The number of nitrogens with zero attached hydrogens (tertiary/aromatic N) is 1. The van der Waals surface area contributed by atoms with Gasteiger partial charge in [-0.2, -0.15) is 0 Å². The third-order valence-corrected chi connectivity index (χ3v) is 4.60. The number of rotatable bonds is 5. The number of allylic oxidation sites excluding steroid dienone is 1. The van der Waals surface area contributed by atoms with Crippen molar-refractivity contribution in [1.82, 2.24) is 10.3 Å². The minimum Gasteiger partial charge on any atom is -0.379 e. The Balaban J connectivity index is 1.97. The minimum atomic E-state index is -0.109. The van der Waals surface area contributed by atoms with Gasteiger partial charge >= 0.3 is 0 Å². The van der Waals surface area contributed by atoms with Crippen molar-refractivity contribution in [3.8, 4) is 0 Å². The molecule has 1 aromatic heterocycles. The minimum absolute atomic E-state index is 0.0198. The van der Waals surface area contributed by atoms with Gasteiger partial charge in [-0.05, 0) is 34.1 Å². The molecule has 0 bridgehead atoms. The smallest absolute Gasteiger partial charge is 0.263 e. The van der Waals surface area contributed by atoms with Crippen molar-refractivity contribution >= 4 is 17.2 Å². The summed E-state index contributed by atoms with van der Waals surface area (Å²) in [4.78, 5) is 17.4. The molecule has 6 heteroatoms. The first-order valence-electron chi connectivity index (χ1n) is 7.55. The Morgan fingerprint density at radius 3 is 2.91 bits per heavy atom. The first kappa shape index (κ1) is 17.1. The Labute approximate surface area is 135 Å². The zero-order chi connectivity index (χ0) is 16.1. The predicted octanol–water partition coefficient (Wildman–Crippen LogP) is 2.63. The highest BCUT2D eigenvalue weighted by molar-refractivity contribution is 7.13. The van der Waals surface area contributed by atoms with Crippen LogP contribution in [0, 0.1) is 13.8 Å². The number of ether oxygens (including phenoxy) is 2. The SMILES string of the molecule is CC(C)=CCO[C@@H]1COCC[C@H]1NC(=O)c1sc(C)nc1C. The number of aromatic nitrogens is 1. The van der Waals surface area contributed by atoms with Crippen LogP contribution < -0.4 is 5.32 Å². The largest absolute Gasteiger partial charge is 0.379 e. The fourth-order valence-corrected chi connectivity index (χ4v) is 3.18. The van der Waals surface area contributed by atoms with Crippen LogP contribution in [-0.4, -0.2) is 42.9 Å². The quantitative estimate of drug-likeness (QED) is 0.846. The number of amides is 1. The number of aryl methyl sites for hydroxylation is 2. The second-order valence-electron chi connectivity index (χ2n) is 5.74. The third-order valence-electron chi connectivity index (χ3n) is 3.53. The van der Waals surface area contributed by atoms with Crippen molar-refractivity contribution in [1.29, 1.82) is 0 Å². The molecule has 1 fully saturated rings. The van der Waals surface area contributed by atoms with E-state index < -0.39 is 0 Å². The average Bonchev–Trinajstić information content (AvgIpc) is 2.79. The van der Waals surface area contributed by atoms with E-state index in [0.29, 0.717) is 24.7 Å². The monoisotopic (exact) mass is 324 g/mol. The van der Waals surface area contributed by atoms with Gasteiger partial charge in [-0.3, -0.25) is 4.79 Å². The maximum atomic E-state index is 12.4. The average molecular weight is 324 g/mol. The first-order chi connectivity index (χ1) is 10.5. The van der Waals surface area contributed by atoms with E-state index in [1.807, 2.05) is 33.8 Å². The second kappa shape index (κ2) is 7.85. The fourth-order valence-electron chi connectivity index (χ4n) is 2.36. The predicted molar refractivity (Wildman–Crippen MR) is 87.4 cm³/mol. The van der Waals surface area contributed by atoms with Crippen molar-refractivity contribution in [2.24, 2.45) is 0 Å². The normalized spacial score (nSPS) is 21.5. The lowest BCUT2D eigenvalue weighted by molar-refractivity contribution is -0.0589. The van der Waals surface area contributed by atoms with Crippen LogP contribution in [0.1, 0.15) is 40.6 Å². The van der Waals surface area contributed by atoms with E-state index in [0.717, 1.165) is 17.1 Å². The van der Waals surface area contributed by atoms with Crippen molar-refractivity contribution < 1.29 is 14.3 Å². The standard InChI is InChI=1S/C16H24N2O3S/c1-10(2)5-8-21-14-9-20-7-6-13(14)18-16(19)15-11(3)17-12(4)22-15/h5,13-14H,6-9H2,1-4H3,(H,18,19)/t13-,14-/m1/s1. The molecule has 1 amide bonds. The fraction of sp³-hybridized carbons (Fsp3) is 0.625. The van der Waals surface area contributed by atoms with Gasteiger partial charge in [0.2, 0.25) is 0 Å². The van der Waals surface area contributed by atoms with Gasteiger partial charge in [-0.1, -0.05) is 11.6 Å². The molecule has 2 atom stereocenters. The molecule has 5 nitrogen and oxygen atoms in total. The molecular weight excluding hydrogens is 300 g/mol. The number of hydrogen-bond acceptors (Lipinski definition) is 5. The summed E-state index contributed by atoms with van der Waals surface area (Å²) in [5, 5.41) is 3.99. The molecule has 2 rings (SSSR count). The van der Waals surface area contributed by atoms with Crippen LogP contribution in [0.15, 0.2) is 11.6 Å². The summed E-state index contributed by atoms with van der Waals surface area (Å²) >= 11 is 1.43. The molecule has 1 aliphatic heterocycles. The molecule has 0 aromatic carbocycles. The molecule has 0 radical (unpaired) electrons. The number of carbonyl (C=O) groups is 1. The highest BCUT2D eigenvalue weighted by atomic mass is 32.1. The molecule has 0 aliphatic carbocycles. The van der Waals surface area contributed by atoms with Crippen LogP contribution in [0.25, 0.3) is 0 Å². The lowest BCUT2D eigenvalue weighted by Crippen LogP contribution is -2.50. The molecule has 0 spiro atoms. The van der Waals surface area contributed by atoms with Gasteiger partial charge in [0.25, 0.3) is 5.91 Å². The molecular formula is C16H24N2O3S. The van der Waals surface area contributed by atoms with Crippen LogP contribution in [0.3, 0.4) is 0 Å². The van der Waals surface area contributed by atoms with E-state index in [1.165, 1.54) is 16.9 Å². The van der Waals surface area contributed by atoms with Crippen LogP contribution in [0.2, 0.25) is 0 Å². The summed E-state index contributed by atoms with van der Waals surface area (Å²) in [5.74, 6) is -0.0641. The Hall–Kier alpha value is -1.24. The Bertz CT molecular complexity index is 550. The topological polar surface area (TPSA) is 60.5 Å². The van der Waals surface area contributed by atoms with E-state index in [4.69, 9.17) is 9.47 Å². The van der Waals surface area contributed by atoms with Crippen molar-refractivity contribution in [2.75, 3.05) is 19.8 Å². The number of carbonyl (C=O) groups excluding carboxylic acids is 1. The highest BCUT2D eigenvalue weighted by Gasteiger charge is 2.29. The van der Waals surface area contributed by atoms with E-state index >= 15 is 0 Å². The van der Waals surface area contributed by atoms with E-state index in [1.54, 1.807) is 0 Å². The van der Waals surface area contributed by atoms with Crippen LogP contribution in [-0.2, 0) is 9.47 Å². The lowest BCUT2D eigenvalue weighted by Gasteiger charge is -2.31. The van der Waals surface area contributed by atoms with Crippen molar-refractivity contribution in [3.05, 3.63) is 27.2 Å². The first-order valence-corrected chi connectivity index (χ1v) is 8.36. The maximum Gasteiger partial charge on any atom is 0.263 e. The molecule has 22 heavy (non-hydrogen) atoms. The van der Waals surface area contributed by atoms with Gasteiger partial charge in [0, 0.05) is 6.61 Å². The Morgan fingerprint density at radius 1 is 1.50 bits per heavy atom. The molecule has 0 unspecified atom stereocenters. The number of hydrogen-bond donors (Lipinski definition) is 1. The molecule has 1 aliphatic rings. The highest BCUT2D eigenvalue weighted by Crippen LogP contribution is 2.19. The second-order valence-corrected chi connectivity index (χ2v) is 6.95. The van der Waals surface area contributed by atoms with Crippen molar-refractivity contribution in [2.45, 2.75) is 46.3 Å². The van der Waals surface area contributed by atoms with Gasteiger partial charge in [0.1, 0.15) is 11.0 Å². The van der Waals surface area contributed by atoms with E-state index in [2.05, 4.69) is 10.3 Å². The summed E-state index contributed by atoms with van der Waals surface area (Å²) in [6.07, 6.45) is 2.69. The van der Waals surface area contributed by atoms with E-state index in [9.17, 15) is 4.79 Å². The van der Waals surface area contributed by atoms with Gasteiger partial charge < -0.3 is 14.8 Å². The van der Waals surface area contributed by atoms with Gasteiger partial charge in [0.05, 0.1) is 30.0 Å². The summed E-state index contributed by atoms with van der Waals surface area (Å²) in [7, 11) is 0. The zero-order valence-corrected chi connectivity index (χ0v) is 14.5. The van der Waals surface area contributed by atoms with Crippen LogP contribution >= 0.6 is 11.3 Å². The summed E-state index contributed by atoms with van der Waals surface area (Å²) in [5.41, 5.74) is 2.00. The Morgan fingerprint density at radius 2 is 2.27 bits per heavy atom. The van der Waals surface area contributed by atoms with Crippen LogP contribution in [0.4, 0.5) is 0 Å². The maximum absolute atomic E-state index is 12.4. The summed E-state index contributed by atoms with van der Waals surface area (Å²) in [6, 6.07) is -0.0198. The van der Waals surface area contributed by atoms with Gasteiger partial charge in [0.15, 0.2) is 0 Å². The van der Waals surface area contributed by atoms with Crippen LogP contribution in [0.5, 0.6) is 0 Å². The number of thiazole rings is 1. The molecule has 1 aromatic rings. The molecule has 1 N–H and O–H groups in total. The summed E-state index contributed by atoms with van der Waals surface area (Å²) in [6.45, 7) is 9.56. The molecule has 2 heterocycles. The summed E-state index contributed by atoms with van der Waals surface area (Å²) < 4.78 is 11.3. The molecule has 122 valence electrons. The number of nitrogens with one attached hydrogen (secondary N) is 1. The van der Waals surface area contributed by atoms with Crippen molar-refractivity contribution in [3.63, 3.8) is 0 Å². The third kappa shape index (κ3) is 4.63. The molecule has 0 saturated carbocycles.